The molecule has 2 aromatic heterocycles. The molecule has 1 saturated carbocycles. The van der Waals surface area contributed by atoms with Crippen LogP contribution < -0.4 is 10.2 Å². The van der Waals surface area contributed by atoms with Gasteiger partial charge in [-0.05, 0) is 36.5 Å². The number of nitrogens with zero attached hydrogens (tertiary/aromatic N) is 6. The first-order valence-corrected chi connectivity index (χ1v) is 9.45. The third kappa shape index (κ3) is 4.50. The van der Waals surface area contributed by atoms with Crippen LogP contribution in [0, 0.1) is 5.92 Å². The minimum atomic E-state index is -2.34. The molecule has 10 heteroatoms. The van der Waals surface area contributed by atoms with E-state index in [0.717, 1.165) is 30.2 Å². The highest BCUT2D eigenvalue weighted by Crippen LogP contribution is 2.34. The van der Waals surface area contributed by atoms with Crippen LogP contribution in [0.25, 0.3) is 22.4 Å². The number of halogens is 2. The first-order chi connectivity index (χ1) is 14.9. The van der Waals surface area contributed by atoms with Crippen LogP contribution in [0.1, 0.15) is 17.0 Å². The molecular weight excluding hydrogens is 425 g/mol. The maximum Gasteiger partial charge on any atom is 0.245 e. The van der Waals surface area contributed by atoms with Crippen molar-refractivity contribution in [3.63, 3.8) is 0 Å². The Bertz CT molecular complexity index is 1090. The van der Waals surface area contributed by atoms with Crippen molar-refractivity contribution in [2.24, 2.45) is 12.9 Å². The fourth-order valence-corrected chi connectivity index (χ4v) is 3.71. The van der Waals surface area contributed by atoms with Gasteiger partial charge in [0.15, 0.2) is 0 Å². The van der Waals surface area contributed by atoms with Gasteiger partial charge in [0.25, 0.3) is 0 Å². The zero-order valence-electron chi connectivity index (χ0n) is 19.1. The number of phenols is 1. The predicted molar refractivity (Wildman–Crippen MR) is 120 cm³/mol. The third-order valence-corrected chi connectivity index (χ3v) is 5.42. The summed E-state index contributed by atoms with van der Waals surface area (Å²) in [5.41, 5.74) is 2.23. The lowest BCUT2D eigenvalue weighted by atomic mass is 10.0. The summed E-state index contributed by atoms with van der Waals surface area (Å²) in [6, 6.07) is 5.55. The van der Waals surface area contributed by atoms with Gasteiger partial charge >= 0.3 is 0 Å². The van der Waals surface area contributed by atoms with E-state index in [2.05, 4.69) is 30.5 Å². The fourth-order valence-electron chi connectivity index (χ4n) is 3.71. The van der Waals surface area contributed by atoms with Gasteiger partial charge in [-0.2, -0.15) is 5.10 Å². The van der Waals surface area contributed by atoms with Crippen molar-refractivity contribution in [1.29, 1.82) is 0 Å². The van der Waals surface area contributed by atoms with Crippen LogP contribution in [-0.4, -0.2) is 55.7 Å². The lowest BCUT2D eigenvalue weighted by Crippen LogP contribution is -2.52. The number of phenolic OH excluding ortho intramolecular Hbond substituents is 1. The number of hydrogen-bond donors (Lipinski definition) is 2. The van der Waals surface area contributed by atoms with Crippen molar-refractivity contribution in [2.45, 2.75) is 18.9 Å². The average Bonchev–Trinajstić information content (AvgIpc) is 3.49. The Hall–Kier alpha value is -2.42. The van der Waals surface area contributed by atoms with Gasteiger partial charge in [-0.3, -0.25) is 4.68 Å². The second kappa shape index (κ2) is 9.16. The predicted octanol–water partition coefficient (Wildman–Crippen LogP) is 2.68. The topological polar surface area (TPSA) is 92.0 Å². The molecule has 3 aromatic rings. The zero-order chi connectivity index (χ0) is 21.6. The molecule has 0 amide bonds. The molecule has 0 spiro atoms. The average molecular weight is 453 g/mol. The molecule has 1 atom stereocenters. The summed E-state index contributed by atoms with van der Waals surface area (Å²) in [7, 11) is 0. The van der Waals surface area contributed by atoms with Gasteiger partial charge in [-0.15, -0.1) is 35.0 Å². The highest BCUT2D eigenvalue weighted by atomic mass is 35.5. The van der Waals surface area contributed by atoms with E-state index in [1.54, 1.807) is 24.4 Å². The van der Waals surface area contributed by atoms with Crippen molar-refractivity contribution in [1.82, 2.24) is 30.3 Å². The molecule has 30 heavy (non-hydrogen) atoms. The summed E-state index contributed by atoms with van der Waals surface area (Å²) < 4.78 is 23.2. The maximum absolute atomic E-state index is 10.5. The van der Waals surface area contributed by atoms with E-state index in [0.29, 0.717) is 34.4 Å². The van der Waals surface area contributed by atoms with Crippen molar-refractivity contribution in [2.75, 3.05) is 24.5 Å². The Morgan fingerprint density at radius 3 is 2.70 bits per heavy atom. The number of nitrogens with one attached hydrogen (secondary N) is 1. The molecule has 160 valence electrons. The summed E-state index contributed by atoms with van der Waals surface area (Å²) in [5.74, 6) is 1.38. The molecule has 2 fully saturated rings. The van der Waals surface area contributed by atoms with Crippen molar-refractivity contribution in [3.05, 3.63) is 36.8 Å². The summed E-state index contributed by atoms with van der Waals surface area (Å²) in [4.78, 5) is 6.64. The normalized spacial score (nSPS) is 20.3. The van der Waals surface area contributed by atoms with Crippen LogP contribution >= 0.6 is 24.8 Å². The number of piperazine rings is 1. The van der Waals surface area contributed by atoms with Crippen LogP contribution in [0.2, 0.25) is 0 Å². The van der Waals surface area contributed by atoms with Gasteiger partial charge in [0, 0.05) is 54.1 Å². The molecule has 1 aliphatic heterocycles. The Balaban J connectivity index is 0.00000153. The molecule has 0 unspecified atom stereocenters. The SMILES string of the molecule is Cl.Cl.[2H]C([2H])([2H])n1cc(-c2ccc(-c3cnc(N4CCN[C@@H](C5CC5)C4)nn3)c(O)c2)cn1. The van der Waals surface area contributed by atoms with E-state index < -0.39 is 6.98 Å². The molecule has 3 heterocycles. The second-order valence-electron chi connectivity index (χ2n) is 7.39. The third-order valence-electron chi connectivity index (χ3n) is 5.42. The Kier molecular flexibility index (Phi) is 5.60. The van der Waals surface area contributed by atoms with E-state index in [9.17, 15) is 5.11 Å². The van der Waals surface area contributed by atoms with Crippen molar-refractivity contribution < 1.29 is 9.22 Å². The summed E-state index contributed by atoms with van der Waals surface area (Å²) in [6.07, 6.45) is 7.09. The monoisotopic (exact) mass is 452 g/mol. The number of aromatic hydroxyl groups is 1. The molecule has 1 aliphatic carbocycles. The van der Waals surface area contributed by atoms with E-state index in [4.69, 9.17) is 4.11 Å². The first kappa shape index (κ1) is 18.4. The standard InChI is InChI=1S/C20H23N7O.2ClH/c1-26-11-15(9-23-26)14-4-5-16(19(28)8-14)17-10-22-20(25-24-17)27-7-6-21-18(12-27)13-2-3-13;;/h4-5,8-11,13,18,21,28H,2-3,6-7,12H2,1H3;2*1H/t18-;;/m1../s1/i1D3;;. The molecule has 0 bridgehead atoms. The summed E-state index contributed by atoms with van der Waals surface area (Å²) in [5, 5.41) is 26.6. The minimum Gasteiger partial charge on any atom is -0.507 e. The minimum absolute atomic E-state index is 0. The van der Waals surface area contributed by atoms with Crippen LogP contribution in [-0.2, 0) is 6.98 Å². The van der Waals surface area contributed by atoms with E-state index in [1.807, 2.05) is 0 Å². The van der Waals surface area contributed by atoms with E-state index in [1.165, 1.54) is 25.2 Å². The Morgan fingerprint density at radius 1 is 1.17 bits per heavy atom. The summed E-state index contributed by atoms with van der Waals surface area (Å²) in [6.45, 7) is 0.295. The second-order valence-corrected chi connectivity index (χ2v) is 7.39. The number of benzene rings is 1. The largest absolute Gasteiger partial charge is 0.507 e. The molecule has 2 aliphatic rings. The van der Waals surface area contributed by atoms with Gasteiger partial charge in [0.2, 0.25) is 5.95 Å². The number of aromatic nitrogens is 5. The molecular formula is C20H25Cl2N7O. The lowest BCUT2D eigenvalue weighted by molar-refractivity contribution is 0.414. The smallest absolute Gasteiger partial charge is 0.245 e. The number of rotatable bonds is 4. The van der Waals surface area contributed by atoms with Crippen LogP contribution in [0.5, 0.6) is 5.75 Å². The highest BCUT2D eigenvalue weighted by molar-refractivity contribution is 5.85. The van der Waals surface area contributed by atoms with Crippen molar-refractivity contribution >= 4 is 30.8 Å². The molecule has 8 nitrogen and oxygen atoms in total. The maximum atomic E-state index is 10.5. The van der Waals surface area contributed by atoms with Crippen LogP contribution in [0.15, 0.2) is 36.8 Å². The Labute approximate surface area is 191 Å². The fraction of sp³-hybridized carbons (Fsp3) is 0.400. The summed E-state index contributed by atoms with van der Waals surface area (Å²) >= 11 is 0. The van der Waals surface area contributed by atoms with Gasteiger partial charge in [0.1, 0.15) is 11.4 Å². The van der Waals surface area contributed by atoms with Gasteiger partial charge in [-0.25, -0.2) is 4.98 Å². The van der Waals surface area contributed by atoms with Gasteiger partial charge in [0.05, 0.1) is 12.4 Å². The van der Waals surface area contributed by atoms with E-state index >= 15 is 0 Å². The number of hydrogen-bond acceptors (Lipinski definition) is 7. The quantitative estimate of drug-likeness (QED) is 0.628. The Morgan fingerprint density at radius 2 is 2.03 bits per heavy atom. The van der Waals surface area contributed by atoms with Gasteiger partial charge < -0.3 is 15.3 Å². The molecule has 1 aromatic carbocycles. The highest BCUT2D eigenvalue weighted by Gasteiger charge is 2.34. The van der Waals surface area contributed by atoms with Crippen LogP contribution in [0.3, 0.4) is 0 Å². The zero-order valence-corrected chi connectivity index (χ0v) is 17.7. The number of anilines is 1. The number of aryl methyl sites for hydroxylation is 1. The molecule has 0 radical (unpaired) electrons. The van der Waals surface area contributed by atoms with E-state index in [-0.39, 0.29) is 30.6 Å². The van der Waals surface area contributed by atoms with Crippen molar-refractivity contribution in [3.8, 4) is 28.1 Å². The lowest BCUT2D eigenvalue weighted by Gasteiger charge is -2.33. The molecule has 5 rings (SSSR count). The molecule has 2 N–H and O–H groups in total. The molecule has 1 saturated heterocycles. The first-order valence-electron chi connectivity index (χ1n) is 11.0. The van der Waals surface area contributed by atoms with Crippen LogP contribution in [0.4, 0.5) is 5.95 Å². The van der Waals surface area contributed by atoms with Gasteiger partial charge in [-0.1, -0.05) is 6.07 Å².